The van der Waals surface area contributed by atoms with Crippen molar-refractivity contribution in [2.45, 2.75) is 31.7 Å². The van der Waals surface area contributed by atoms with E-state index in [1.165, 1.54) is 9.21 Å². The molecule has 2 amide bonds. The number of sulfonamides is 1. The summed E-state index contributed by atoms with van der Waals surface area (Å²) in [4.78, 5) is 25.7. The van der Waals surface area contributed by atoms with Gasteiger partial charge in [-0.25, -0.2) is 17.5 Å². The minimum Gasteiger partial charge on any atom is -0.481 e. The maximum Gasteiger partial charge on any atom is 0.317 e. The van der Waals surface area contributed by atoms with Crippen LogP contribution in [0.3, 0.4) is 0 Å². The summed E-state index contributed by atoms with van der Waals surface area (Å²) in [6.45, 7) is 0.464. The number of hydrogen-bond acceptors (Lipinski definition) is 4. The molecule has 2 aliphatic heterocycles. The lowest BCUT2D eigenvalue weighted by Crippen LogP contribution is -2.47. The van der Waals surface area contributed by atoms with Crippen LogP contribution >= 0.6 is 0 Å². The van der Waals surface area contributed by atoms with Gasteiger partial charge in [-0.15, -0.1) is 0 Å². The van der Waals surface area contributed by atoms with Crippen molar-refractivity contribution in [3.8, 4) is 0 Å². The lowest BCUT2D eigenvalue weighted by atomic mass is 9.81. The molecule has 2 saturated heterocycles. The molecule has 0 spiro atoms. The summed E-state index contributed by atoms with van der Waals surface area (Å²) >= 11 is 0. The van der Waals surface area contributed by atoms with E-state index in [4.69, 9.17) is 0 Å². The summed E-state index contributed by atoms with van der Waals surface area (Å²) in [6.07, 6.45) is 5.24. The van der Waals surface area contributed by atoms with Crippen molar-refractivity contribution in [1.29, 1.82) is 0 Å². The van der Waals surface area contributed by atoms with Gasteiger partial charge in [0.05, 0.1) is 6.26 Å². The summed E-state index contributed by atoms with van der Waals surface area (Å²) in [7, 11) is -3.42. The van der Waals surface area contributed by atoms with Gasteiger partial charge in [0.2, 0.25) is 10.0 Å². The van der Waals surface area contributed by atoms with E-state index < -0.39 is 21.4 Å². The largest absolute Gasteiger partial charge is 0.481 e. The molecule has 0 radical (unpaired) electrons. The first-order valence-electron chi connectivity index (χ1n) is 7.96. The molecular formula is C14H23N3O5S. The molecule has 1 aliphatic carbocycles. The molecule has 3 aliphatic rings. The van der Waals surface area contributed by atoms with Crippen LogP contribution in [0.15, 0.2) is 0 Å². The maximum atomic E-state index is 12.4. The molecule has 2 heterocycles. The van der Waals surface area contributed by atoms with Crippen LogP contribution in [0.2, 0.25) is 0 Å². The zero-order valence-electron chi connectivity index (χ0n) is 13.2. The Morgan fingerprint density at radius 3 is 2.35 bits per heavy atom. The molecular weight excluding hydrogens is 322 g/mol. The van der Waals surface area contributed by atoms with Gasteiger partial charge in [-0.1, -0.05) is 12.8 Å². The Bertz CT molecular complexity index is 616. The monoisotopic (exact) mass is 345 g/mol. The first-order chi connectivity index (χ1) is 10.7. The number of rotatable bonds is 3. The van der Waals surface area contributed by atoms with Crippen LogP contribution in [0.5, 0.6) is 0 Å². The second-order valence-corrected chi connectivity index (χ2v) is 9.01. The van der Waals surface area contributed by atoms with Gasteiger partial charge < -0.3 is 15.3 Å². The Balaban J connectivity index is 1.71. The first-order valence-corrected chi connectivity index (χ1v) is 9.81. The maximum absolute atomic E-state index is 12.4. The molecule has 2 atom stereocenters. The molecule has 0 aromatic heterocycles. The average Bonchev–Trinajstić information content (AvgIpc) is 3.09. The SMILES string of the molecule is CS(=O)(=O)N1C[C@H]2CN(C(=O)NC3CCCC3)C[C@@]2(C(=O)O)C1. The van der Waals surface area contributed by atoms with Gasteiger partial charge >= 0.3 is 12.0 Å². The van der Waals surface area contributed by atoms with Gasteiger partial charge in [-0.3, -0.25) is 4.79 Å². The van der Waals surface area contributed by atoms with Gasteiger partial charge in [-0.05, 0) is 12.8 Å². The van der Waals surface area contributed by atoms with E-state index in [1.807, 2.05) is 0 Å². The van der Waals surface area contributed by atoms with Gasteiger partial charge in [-0.2, -0.15) is 0 Å². The third-order valence-corrected chi connectivity index (χ3v) is 6.66. The van der Waals surface area contributed by atoms with Crippen molar-refractivity contribution in [2.75, 3.05) is 32.4 Å². The molecule has 23 heavy (non-hydrogen) atoms. The zero-order valence-corrected chi connectivity index (χ0v) is 14.0. The van der Waals surface area contributed by atoms with E-state index in [0.29, 0.717) is 0 Å². The Labute approximate surface area is 135 Å². The predicted octanol–water partition coefficient (Wildman–Crippen LogP) is -0.0834. The lowest BCUT2D eigenvalue weighted by Gasteiger charge is -2.25. The summed E-state index contributed by atoms with van der Waals surface area (Å²) in [5.74, 6) is -1.38. The number of carboxylic acid groups (broad SMARTS) is 1. The quantitative estimate of drug-likeness (QED) is 0.744. The second kappa shape index (κ2) is 5.62. The zero-order chi connectivity index (χ0) is 16.8. The van der Waals surface area contributed by atoms with E-state index >= 15 is 0 Å². The average molecular weight is 345 g/mol. The Hall–Kier alpha value is -1.35. The first kappa shape index (κ1) is 16.5. The molecule has 0 unspecified atom stereocenters. The predicted molar refractivity (Wildman–Crippen MR) is 82.3 cm³/mol. The third-order valence-electron chi connectivity index (χ3n) is 5.44. The number of hydrogen-bond donors (Lipinski definition) is 2. The highest BCUT2D eigenvalue weighted by Crippen LogP contribution is 2.43. The molecule has 130 valence electrons. The van der Waals surface area contributed by atoms with Gasteiger partial charge in [0.1, 0.15) is 5.41 Å². The van der Waals surface area contributed by atoms with Crippen LogP contribution in [0.1, 0.15) is 25.7 Å². The highest BCUT2D eigenvalue weighted by Gasteiger charge is 2.60. The molecule has 3 fully saturated rings. The van der Waals surface area contributed by atoms with Crippen molar-refractivity contribution in [3.05, 3.63) is 0 Å². The molecule has 3 rings (SSSR count). The van der Waals surface area contributed by atoms with Crippen LogP contribution in [0.4, 0.5) is 4.79 Å². The highest BCUT2D eigenvalue weighted by atomic mass is 32.2. The number of fused-ring (bicyclic) bond motifs is 1. The number of carbonyl (C=O) groups is 2. The fourth-order valence-corrected chi connectivity index (χ4v) is 4.98. The lowest BCUT2D eigenvalue weighted by molar-refractivity contribution is -0.148. The Morgan fingerprint density at radius 1 is 1.17 bits per heavy atom. The minimum absolute atomic E-state index is 0.0565. The minimum atomic E-state index is -3.42. The van der Waals surface area contributed by atoms with Crippen molar-refractivity contribution < 1.29 is 23.1 Å². The van der Waals surface area contributed by atoms with E-state index in [1.54, 1.807) is 0 Å². The van der Waals surface area contributed by atoms with Crippen LogP contribution in [-0.2, 0) is 14.8 Å². The van der Waals surface area contributed by atoms with Gasteiger partial charge in [0, 0.05) is 38.1 Å². The summed E-state index contributed by atoms with van der Waals surface area (Å²) in [5.41, 5.74) is -1.18. The van der Waals surface area contributed by atoms with E-state index in [-0.39, 0.29) is 44.2 Å². The topological polar surface area (TPSA) is 107 Å². The Morgan fingerprint density at radius 2 is 1.83 bits per heavy atom. The molecule has 2 N–H and O–H groups in total. The fourth-order valence-electron chi connectivity index (χ4n) is 4.06. The normalized spacial score (nSPS) is 32.2. The number of nitrogens with zero attached hydrogens (tertiary/aromatic N) is 2. The number of nitrogens with one attached hydrogen (secondary N) is 1. The second-order valence-electron chi connectivity index (χ2n) is 7.03. The highest BCUT2D eigenvalue weighted by molar-refractivity contribution is 7.88. The van der Waals surface area contributed by atoms with Gasteiger partial charge in [0.25, 0.3) is 0 Å². The van der Waals surface area contributed by atoms with Crippen LogP contribution < -0.4 is 5.32 Å². The number of likely N-dealkylation sites (tertiary alicyclic amines) is 1. The van der Waals surface area contributed by atoms with Crippen LogP contribution in [-0.4, -0.2) is 73.2 Å². The Kier molecular flexibility index (Phi) is 4.04. The number of carboxylic acids is 1. The summed E-state index contributed by atoms with van der Waals surface area (Å²) in [5, 5.41) is 12.6. The number of aliphatic carboxylic acids is 1. The van der Waals surface area contributed by atoms with E-state index in [9.17, 15) is 23.1 Å². The van der Waals surface area contributed by atoms with Crippen LogP contribution in [0.25, 0.3) is 0 Å². The molecule has 0 aromatic rings. The third kappa shape index (κ3) is 2.91. The van der Waals surface area contributed by atoms with Crippen molar-refractivity contribution in [3.63, 3.8) is 0 Å². The van der Waals surface area contributed by atoms with E-state index in [2.05, 4.69) is 5.32 Å². The summed E-state index contributed by atoms with van der Waals surface area (Å²) < 4.78 is 24.7. The molecule has 1 saturated carbocycles. The number of amides is 2. The van der Waals surface area contributed by atoms with E-state index in [0.717, 1.165) is 31.9 Å². The smallest absolute Gasteiger partial charge is 0.317 e. The number of urea groups is 1. The molecule has 9 heteroatoms. The summed E-state index contributed by atoms with van der Waals surface area (Å²) in [6, 6.07) is -0.0472. The molecule has 0 aromatic carbocycles. The van der Waals surface area contributed by atoms with Crippen molar-refractivity contribution in [2.24, 2.45) is 11.3 Å². The molecule has 0 bridgehead atoms. The molecule has 8 nitrogen and oxygen atoms in total. The fraction of sp³-hybridized carbons (Fsp3) is 0.857. The van der Waals surface area contributed by atoms with Crippen LogP contribution in [0, 0.1) is 11.3 Å². The van der Waals surface area contributed by atoms with Gasteiger partial charge in [0.15, 0.2) is 0 Å². The number of carbonyl (C=O) groups excluding carboxylic acids is 1. The van der Waals surface area contributed by atoms with Crippen molar-refractivity contribution in [1.82, 2.24) is 14.5 Å². The van der Waals surface area contributed by atoms with Crippen molar-refractivity contribution >= 4 is 22.0 Å². The standard InChI is InChI=1S/C14H23N3O5S/c1-23(21,22)17-7-10-6-16(8-14(10,9-17)12(18)19)13(20)15-11-4-2-3-5-11/h10-11H,2-9H2,1H3,(H,15,20)(H,18,19)/t10-,14-/m1/s1.